The number of ether oxygens (including phenoxy) is 4. The van der Waals surface area contributed by atoms with E-state index >= 15 is 0 Å². The summed E-state index contributed by atoms with van der Waals surface area (Å²) in [7, 11) is 5.92. The maximum atomic E-state index is 12.9. The summed E-state index contributed by atoms with van der Waals surface area (Å²) >= 11 is 0. The first kappa shape index (κ1) is 68.0. The second-order valence-corrected chi connectivity index (χ2v) is 20.9. The molecule has 0 amide bonds. The third kappa shape index (κ3) is 54.6. The van der Waals surface area contributed by atoms with Crippen molar-refractivity contribution in [2.45, 2.75) is 270 Å². The van der Waals surface area contributed by atoms with Crippen molar-refractivity contribution in [1.82, 2.24) is 0 Å². The van der Waals surface area contributed by atoms with E-state index in [2.05, 4.69) is 74.6 Å². The molecule has 0 saturated heterocycles. The Hall–Kier alpha value is -3.01. The molecule has 0 aromatic carbocycles. The largest absolute Gasteiger partial charge is 0.545 e. The van der Waals surface area contributed by atoms with Crippen LogP contribution < -0.4 is 5.11 Å². The molecule has 71 heavy (non-hydrogen) atoms. The van der Waals surface area contributed by atoms with Crippen LogP contribution in [0.4, 0.5) is 0 Å². The monoisotopic (exact) mass is 998 g/mol. The highest BCUT2D eigenvalue weighted by Gasteiger charge is 2.22. The van der Waals surface area contributed by atoms with Gasteiger partial charge in [-0.05, 0) is 57.8 Å². The number of quaternary nitrogens is 1. The first-order valence-corrected chi connectivity index (χ1v) is 29.4. The van der Waals surface area contributed by atoms with Gasteiger partial charge in [0.15, 0.2) is 12.4 Å². The molecular formula is C62H111NO8. The molecule has 0 aromatic rings. The third-order valence-corrected chi connectivity index (χ3v) is 12.8. The van der Waals surface area contributed by atoms with Crippen molar-refractivity contribution in [3.8, 4) is 0 Å². The molecule has 2 atom stereocenters. The lowest BCUT2D eigenvalue weighted by atomic mass is 10.0. The van der Waals surface area contributed by atoms with Gasteiger partial charge in [0.2, 0.25) is 0 Å². The second-order valence-electron chi connectivity index (χ2n) is 20.9. The minimum Gasteiger partial charge on any atom is -0.545 e. The van der Waals surface area contributed by atoms with Gasteiger partial charge in [-0.2, -0.15) is 0 Å². The van der Waals surface area contributed by atoms with Crippen LogP contribution in [-0.4, -0.2) is 82.3 Å². The summed E-state index contributed by atoms with van der Waals surface area (Å²) in [5, 5.41) is 11.8. The molecule has 0 spiro atoms. The van der Waals surface area contributed by atoms with Crippen molar-refractivity contribution in [3.05, 3.63) is 60.8 Å². The van der Waals surface area contributed by atoms with Crippen molar-refractivity contribution < 1.29 is 42.9 Å². The summed E-state index contributed by atoms with van der Waals surface area (Å²) in [4.78, 5) is 37.3. The molecule has 0 fully saturated rings. The average molecular weight is 999 g/mol. The smallest absolute Gasteiger partial charge is 0.306 e. The lowest BCUT2D eigenvalue weighted by Gasteiger charge is -2.26. The van der Waals surface area contributed by atoms with E-state index in [-0.39, 0.29) is 32.2 Å². The number of carboxylic acid groups (broad SMARTS) is 1. The molecular weight excluding hydrogens is 887 g/mol. The number of aliphatic carboxylic acids is 1. The minimum atomic E-state index is -1.62. The second kappa shape index (κ2) is 53.3. The first-order valence-electron chi connectivity index (χ1n) is 29.4. The van der Waals surface area contributed by atoms with Gasteiger partial charge in [-0.15, -0.1) is 0 Å². The quantitative estimate of drug-likeness (QED) is 0.0195. The molecule has 9 nitrogen and oxygen atoms in total. The zero-order valence-electron chi connectivity index (χ0n) is 46.8. The van der Waals surface area contributed by atoms with Gasteiger partial charge in [0.1, 0.15) is 13.2 Å². The van der Waals surface area contributed by atoms with E-state index in [9.17, 15) is 19.5 Å². The maximum absolute atomic E-state index is 12.9. The van der Waals surface area contributed by atoms with E-state index in [0.717, 1.165) is 64.2 Å². The van der Waals surface area contributed by atoms with Gasteiger partial charge in [-0.25, -0.2) is 0 Å². The standard InChI is InChI=1S/C62H111NO8/c1-6-8-10-12-14-16-18-20-22-23-24-25-26-27-28-29-30-31-32-33-34-35-36-37-39-41-43-45-47-49-51-53-60(65)71-58(57-70-62(61(66)67)68-55-54-63(3,4)5)56-69-59(64)52-50-48-46-44-42-40-38-21-19-17-15-13-11-9-7-2/h8,10,14,16,20,22,24-25,27-28,58,62H,6-7,9,11-13,15,17-19,21,23,26,29-57H2,1-5H3/b10-8-,16-14-,22-20-,25-24-,28-27-. The Morgan fingerprint density at radius 2 is 0.803 bits per heavy atom. The zero-order valence-corrected chi connectivity index (χ0v) is 46.8. The SMILES string of the molecule is CC/C=C\C/C=C\C/C=C\C/C=C\C/C=C\CCCCCCCCCCCCCCCCCC(=O)OC(COC(=O)CCCCCCCCCCCCCCCCC)COC(OCC[N+](C)(C)C)C(=O)[O-]. The van der Waals surface area contributed by atoms with Crippen LogP contribution in [0.3, 0.4) is 0 Å². The van der Waals surface area contributed by atoms with Crippen molar-refractivity contribution in [1.29, 1.82) is 0 Å². The number of esters is 2. The molecule has 0 heterocycles. The molecule has 0 aromatic heterocycles. The van der Waals surface area contributed by atoms with Crippen LogP contribution in [0.15, 0.2) is 60.8 Å². The van der Waals surface area contributed by atoms with Gasteiger partial charge >= 0.3 is 11.9 Å². The van der Waals surface area contributed by atoms with Crippen molar-refractivity contribution in [3.63, 3.8) is 0 Å². The molecule has 0 aliphatic carbocycles. The fourth-order valence-corrected chi connectivity index (χ4v) is 8.27. The number of carboxylic acids is 1. The Kier molecular flexibility index (Phi) is 51.0. The van der Waals surface area contributed by atoms with E-state index in [0.29, 0.717) is 23.9 Å². The predicted octanol–water partition coefficient (Wildman–Crippen LogP) is 15.9. The van der Waals surface area contributed by atoms with Crippen LogP contribution in [0.2, 0.25) is 0 Å². The van der Waals surface area contributed by atoms with Crippen LogP contribution in [-0.2, 0) is 33.3 Å². The maximum Gasteiger partial charge on any atom is 0.306 e. The van der Waals surface area contributed by atoms with E-state index < -0.39 is 24.3 Å². The number of nitrogens with zero attached hydrogens (tertiary/aromatic N) is 1. The Morgan fingerprint density at radius 1 is 0.437 bits per heavy atom. The molecule has 0 aliphatic heterocycles. The molecule has 2 unspecified atom stereocenters. The van der Waals surface area contributed by atoms with Gasteiger partial charge in [-0.3, -0.25) is 9.59 Å². The Bertz CT molecular complexity index is 1350. The number of unbranched alkanes of at least 4 members (excludes halogenated alkanes) is 29. The third-order valence-electron chi connectivity index (χ3n) is 12.8. The molecule has 9 heteroatoms. The van der Waals surface area contributed by atoms with E-state index in [4.69, 9.17) is 18.9 Å². The van der Waals surface area contributed by atoms with E-state index in [1.807, 2.05) is 21.1 Å². The van der Waals surface area contributed by atoms with Crippen LogP contribution in [0.25, 0.3) is 0 Å². The predicted molar refractivity (Wildman–Crippen MR) is 297 cm³/mol. The van der Waals surface area contributed by atoms with Gasteiger partial charge in [-0.1, -0.05) is 248 Å². The number of likely N-dealkylation sites (N-methyl/N-ethyl adjacent to an activating group) is 1. The highest BCUT2D eigenvalue weighted by atomic mass is 16.7. The average Bonchev–Trinajstić information content (AvgIpc) is 3.34. The molecule has 0 N–H and O–H groups in total. The van der Waals surface area contributed by atoms with E-state index in [1.165, 1.54) is 161 Å². The summed E-state index contributed by atoms with van der Waals surface area (Å²) < 4.78 is 22.7. The Balaban J connectivity index is 4.14. The van der Waals surface area contributed by atoms with Crippen LogP contribution in [0, 0.1) is 0 Å². The fourth-order valence-electron chi connectivity index (χ4n) is 8.27. The normalized spacial score (nSPS) is 13.2. The summed E-state index contributed by atoms with van der Waals surface area (Å²) in [5.41, 5.74) is 0. The Labute approximate surface area is 437 Å². The summed E-state index contributed by atoms with van der Waals surface area (Å²) in [6, 6.07) is 0. The molecule has 0 radical (unpaired) electrons. The van der Waals surface area contributed by atoms with Gasteiger partial charge in [0.05, 0.1) is 40.3 Å². The van der Waals surface area contributed by atoms with Crippen molar-refractivity contribution >= 4 is 17.9 Å². The summed E-state index contributed by atoms with van der Waals surface area (Å²) in [6.45, 7) is 4.66. The Morgan fingerprint density at radius 3 is 1.20 bits per heavy atom. The molecule has 0 rings (SSSR count). The topological polar surface area (TPSA) is 111 Å². The lowest BCUT2D eigenvalue weighted by Crippen LogP contribution is -2.44. The molecule has 412 valence electrons. The molecule has 0 saturated carbocycles. The van der Waals surface area contributed by atoms with Gasteiger partial charge in [0, 0.05) is 12.8 Å². The van der Waals surface area contributed by atoms with Crippen LogP contribution >= 0.6 is 0 Å². The van der Waals surface area contributed by atoms with Gasteiger partial charge in [0.25, 0.3) is 0 Å². The number of carbonyl (C=O) groups is 3. The number of rotatable bonds is 54. The molecule has 0 bridgehead atoms. The zero-order chi connectivity index (χ0) is 52.0. The highest BCUT2D eigenvalue weighted by molar-refractivity contribution is 5.70. The lowest BCUT2D eigenvalue weighted by molar-refractivity contribution is -0.870. The van der Waals surface area contributed by atoms with Crippen molar-refractivity contribution in [2.75, 3.05) is 47.5 Å². The summed E-state index contributed by atoms with van der Waals surface area (Å²) in [6.07, 6.45) is 64.1. The highest BCUT2D eigenvalue weighted by Crippen LogP contribution is 2.17. The number of hydrogen-bond donors (Lipinski definition) is 0. The van der Waals surface area contributed by atoms with E-state index in [1.54, 1.807) is 0 Å². The summed E-state index contributed by atoms with van der Waals surface area (Å²) in [5.74, 6) is -2.27. The fraction of sp³-hybridized carbons (Fsp3) is 0.790. The number of allylic oxidation sites excluding steroid dienone is 10. The number of carbonyl (C=O) groups excluding carboxylic acids is 3. The van der Waals surface area contributed by atoms with Crippen molar-refractivity contribution in [2.24, 2.45) is 0 Å². The minimum absolute atomic E-state index is 0.148. The van der Waals surface area contributed by atoms with Gasteiger partial charge < -0.3 is 33.3 Å². The first-order chi connectivity index (χ1) is 34.6. The number of hydrogen-bond acceptors (Lipinski definition) is 8. The van der Waals surface area contributed by atoms with Crippen LogP contribution in [0.5, 0.6) is 0 Å². The molecule has 0 aliphatic rings. The van der Waals surface area contributed by atoms with Crippen LogP contribution in [0.1, 0.15) is 258 Å².